The van der Waals surface area contributed by atoms with Gasteiger partial charge in [0.15, 0.2) is 0 Å². The van der Waals surface area contributed by atoms with Crippen molar-refractivity contribution in [1.29, 1.82) is 0 Å². The van der Waals surface area contributed by atoms with Crippen LogP contribution in [-0.2, 0) is 4.74 Å². The Bertz CT molecular complexity index is 180. The molecule has 0 aliphatic carbocycles. The number of alkyl halides is 3. The topological polar surface area (TPSA) is 21.3 Å². The minimum absolute atomic E-state index is 0.0473. The van der Waals surface area contributed by atoms with Gasteiger partial charge in [-0.3, -0.25) is 0 Å². The van der Waals surface area contributed by atoms with E-state index in [0.29, 0.717) is 19.6 Å². The third-order valence-electron chi connectivity index (χ3n) is 1.70. The molecule has 0 saturated heterocycles. The lowest BCUT2D eigenvalue weighted by Gasteiger charge is -2.08. The van der Waals surface area contributed by atoms with E-state index in [0.717, 1.165) is 6.54 Å². The van der Waals surface area contributed by atoms with Crippen molar-refractivity contribution in [3.05, 3.63) is 11.6 Å². The number of halogens is 3. The molecule has 0 heterocycles. The quantitative estimate of drug-likeness (QED) is 0.437. The van der Waals surface area contributed by atoms with Crippen LogP contribution < -0.4 is 5.32 Å². The summed E-state index contributed by atoms with van der Waals surface area (Å²) in [7, 11) is 1.62. The van der Waals surface area contributed by atoms with Crippen LogP contribution >= 0.6 is 15.9 Å². The van der Waals surface area contributed by atoms with Gasteiger partial charge in [0.1, 0.15) is 0 Å². The number of allylic oxidation sites excluding steroid dienone is 1. The second kappa shape index (κ2) is 7.31. The van der Waals surface area contributed by atoms with Crippen molar-refractivity contribution in [2.75, 3.05) is 26.8 Å². The number of ether oxygens (including phenoxy) is 1. The Kier molecular flexibility index (Phi) is 7.31. The molecule has 0 aliphatic heterocycles. The van der Waals surface area contributed by atoms with Gasteiger partial charge in [0, 0.05) is 19.2 Å². The fraction of sp³-hybridized carbons (Fsp3) is 0.778. The molecule has 2 nitrogen and oxygen atoms in total. The summed E-state index contributed by atoms with van der Waals surface area (Å²) < 4.78 is 29.9. The van der Waals surface area contributed by atoms with E-state index in [1.54, 1.807) is 7.11 Å². The molecule has 5 heteroatoms. The molecule has 0 fully saturated rings. The lowest BCUT2D eigenvalue weighted by molar-refractivity contribution is 0.156. The summed E-state index contributed by atoms with van der Waals surface area (Å²) in [5.74, 6) is 0. The Morgan fingerprint density at radius 1 is 1.50 bits per heavy atom. The molecular formula is C9H16BrF2NO. The van der Waals surface area contributed by atoms with E-state index in [9.17, 15) is 8.78 Å². The van der Waals surface area contributed by atoms with Crippen LogP contribution in [0.25, 0.3) is 0 Å². The maximum Gasteiger partial charge on any atom is 0.322 e. The molecule has 84 valence electrons. The van der Waals surface area contributed by atoms with Gasteiger partial charge in [-0.15, -0.1) is 0 Å². The van der Waals surface area contributed by atoms with Gasteiger partial charge >= 0.3 is 4.83 Å². The first-order chi connectivity index (χ1) is 6.48. The Morgan fingerprint density at radius 3 is 2.64 bits per heavy atom. The van der Waals surface area contributed by atoms with Crippen LogP contribution in [0.5, 0.6) is 0 Å². The predicted molar refractivity (Wildman–Crippen MR) is 57.0 cm³/mol. The van der Waals surface area contributed by atoms with Gasteiger partial charge in [-0.05, 0) is 35.8 Å². The van der Waals surface area contributed by atoms with Crippen molar-refractivity contribution >= 4 is 15.9 Å². The van der Waals surface area contributed by atoms with Crippen LogP contribution in [0.2, 0.25) is 0 Å². The van der Waals surface area contributed by atoms with E-state index >= 15 is 0 Å². The highest BCUT2D eigenvalue weighted by atomic mass is 79.9. The standard InChI is InChI=1S/C9H16BrF2NO/c1-8(9(10,11)12)4-3-5-13-6-7-14-2/h4,13H,3,5-7H2,1-2H3/b8-4-. The van der Waals surface area contributed by atoms with E-state index in [1.165, 1.54) is 13.0 Å². The number of nitrogens with one attached hydrogen (secondary N) is 1. The van der Waals surface area contributed by atoms with Crippen LogP contribution in [-0.4, -0.2) is 31.6 Å². The van der Waals surface area contributed by atoms with Gasteiger partial charge in [-0.25, -0.2) is 0 Å². The highest BCUT2D eigenvalue weighted by Crippen LogP contribution is 2.30. The summed E-state index contributed by atoms with van der Waals surface area (Å²) in [4.78, 5) is -2.88. The molecule has 0 atom stereocenters. The minimum Gasteiger partial charge on any atom is -0.383 e. The number of hydrogen-bond donors (Lipinski definition) is 1. The molecule has 0 saturated carbocycles. The Labute approximate surface area is 91.8 Å². The van der Waals surface area contributed by atoms with Gasteiger partial charge in [0.25, 0.3) is 0 Å². The van der Waals surface area contributed by atoms with Crippen molar-refractivity contribution in [3.63, 3.8) is 0 Å². The zero-order chi connectivity index (χ0) is 11.0. The third kappa shape index (κ3) is 7.41. The summed E-state index contributed by atoms with van der Waals surface area (Å²) in [6.45, 7) is 3.47. The Morgan fingerprint density at radius 2 is 2.14 bits per heavy atom. The molecule has 0 aromatic rings. The second-order valence-electron chi connectivity index (χ2n) is 2.92. The summed E-state index contributed by atoms with van der Waals surface area (Å²) in [6, 6.07) is 0. The van der Waals surface area contributed by atoms with Gasteiger partial charge in [-0.2, -0.15) is 8.78 Å². The fourth-order valence-electron chi connectivity index (χ4n) is 0.806. The van der Waals surface area contributed by atoms with Crippen molar-refractivity contribution < 1.29 is 13.5 Å². The normalized spacial score (nSPS) is 13.4. The van der Waals surface area contributed by atoms with Crippen LogP contribution in [0.1, 0.15) is 13.3 Å². The average molecular weight is 272 g/mol. The first kappa shape index (κ1) is 14.0. The first-order valence-corrected chi connectivity index (χ1v) is 5.21. The summed E-state index contributed by atoms with van der Waals surface area (Å²) in [5.41, 5.74) is 0.0473. The first-order valence-electron chi connectivity index (χ1n) is 4.42. The molecule has 0 spiro atoms. The monoisotopic (exact) mass is 271 g/mol. The zero-order valence-electron chi connectivity index (χ0n) is 8.45. The number of hydrogen-bond acceptors (Lipinski definition) is 2. The van der Waals surface area contributed by atoms with Crippen molar-refractivity contribution in [3.8, 4) is 0 Å². The van der Waals surface area contributed by atoms with Crippen molar-refractivity contribution in [1.82, 2.24) is 5.32 Å². The maximum atomic E-state index is 12.6. The minimum atomic E-state index is -2.88. The summed E-state index contributed by atoms with van der Waals surface area (Å²) >= 11 is 2.30. The molecule has 0 aliphatic rings. The number of rotatable bonds is 7. The molecule has 0 aromatic heterocycles. The predicted octanol–water partition coefficient (Wildman–Crippen LogP) is 2.55. The molecule has 0 amide bonds. The van der Waals surface area contributed by atoms with Crippen LogP contribution in [0.15, 0.2) is 11.6 Å². The number of methoxy groups -OCH3 is 1. The van der Waals surface area contributed by atoms with Gasteiger partial charge in [0.2, 0.25) is 0 Å². The zero-order valence-corrected chi connectivity index (χ0v) is 10.0. The van der Waals surface area contributed by atoms with E-state index in [2.05, 4.69) is 21.2 Å². The van der Waals surface area contributed by atoms with Crippen molar-refractivity contribution in [2.24, 2.45) is 0 Å². The second-order valence-corrected chi connectivity index (χ2v) is 3.91. The van der Waals surface area contributed by atoms with E-state index in [1.807, 2.05) is 0 Å². The highest BCUT2D eigenvalue weighted by Gasteiger charge is 2.25. The molecular weight excluding hydrogens is 256 g/mol. The lowest BCUT2D eigenvalue weighted by atomic mass is 10.2. The van der Waals surface area contributed by atoms with E-state index < -0.39 is 4.83 Å². The molecule has 0 bridgehead atoms. The largest absolute Gasteiger partial charge is 0.383 e. The summed E-state index contributed by atoms with van der Waals surface area (Å²) in [6.07, 6.45) is 2.12. The molecule has 14 heavy (non-hydrogen) atoms. The van der Waals surface area contributed by atoms with Gasteiger partial charge in [0.05, 0.1) is 6.61 Å². The average Bonchev–Trinajstić information content (AvgIpc) is 2.09. The Hall–Kier alpha value is -0.0000000000000000555. The molecule has 0 rings (SSSR count). The van der Waals surface area contributed by atoms with Crippen LogP contribution in [0, 0.1) is 0 Å². The summed E-state index contributed by atoms with van der Waals surface area (Å²) in [5, 5.41) is 3.06. The van der Waals surface area contributed by atoms with E-state index in [-0.39, 0.29) is 5.57 Å². The van der Waals surface area contributed by atoms with E-state index in [4.69, 9.17) is 4.74 Å². The Balaban J connectivity index is 3.52. The van der Waals surface area contributed by atoms with Crippen LogP contribution in [0.4, 0.5) is 8.78 Å². The smallest absolute Gasteiger partial charge is 0.322 e. The lowest BCUT2D eigenvalue weighted by Crippen LogP contribution is -2.20. The molecule has 0 unspecified atom stereocenters. The molecule has 0 aromatic carbocycles. The SMILES string of the molecule is COCCNCC/C=C(/C)C(F)(F)Br. The molecule has 0 radical (unpaired) electrons. The third-order valence-corrected chi connectivity index (χ3v) is 2.33. The van der Waals surface area contributed by atoms with Gasteiger partial charge in [-0.1, -0.05) is 6.08 Å². The van der Waals surface area contributed by atoms with Gasteiger partial charge < -0.3 is 10.1 Å². The van der Waals surface area contributed by atoms with Crippen LogP contribution in [0.3, 0.4) is 0 Å². The van der Waals surface area contributed by atoms with Crippen molar-refractivity contribution in [2.45, 2.75) is 18.2 Å². The maximum absolute atomic E-state index is 12.6. The fourth-order valence-corrected chi connectivity index (χ4v) is 0.968. The highest BCUT2D eigenvalue weighted by molar-refractivity contribution is 9.10. The molecule has 1 N–H and O–H groups in total.